The van der Waals surface area contributed by atoms with Gasteiger partial charge in [-0.25, -0.2) is 19.6 Å². The van der Waals surface area contributed by atoms with E-state index in [9.17, 15) is 19.2 Å². The first kappa shape index (κ1) is 41.8. The fraction of sp³-hybridized carbons (Fsp3) is 0.319. The first-order valence-corrected chi connectivity index (χ1v) is 20.3. The van der Waals surface area contributed by atoms with Crippen molar-refractivity contribution in [1.29, 1.82) is 0 Å². The van der Waals surface area contributed by atoms with Crippen molar-refractivity contribution < 1.29 is 28.7 Å². The summed E-state index contributed by atoms with van der Waals surface area (Å²) >= 11 is 0. The predicted octanol–water partition coefficient (Wildman–Crippen LogP) is 6.67. The lowest BCUT2D eigenvalue weighted by molar-refractivity contribution is -0.135. The van der Waals surface area contributed by atoms with E-state index < -0.39 is 24.3 Å². The van der Waals surface area contributed by atoms with E-state index >= 15 is 0 Å². The maximum atomic E-state index is 13.9. The van der Waals surface area contributed by atoms with Crippen LogP contribution in [-0.4, -0.2) is 87.1 Å². The van der Waals surface area contributed by atoms with Gasteiger partial charge in [-0.3, -0.25) is 9.59 Å². The summed E-state index contributed by atoms with van der Waals surface area (Å²) in [6.07, 6.45) is 5.14. The van der Waals surface area contributed by atoms with Crippen LogP contribution in [0.2, 0.25) is 0 Å². The molecule has 312 valence electrons. The van der Waals surface area contributed by atoms with Crippen LogP contribution in [0.25, 0.3) is 22.4 Å². The summed E-state index contributed by atoms with van der Waals surface area (Å²) in [5.74, 6) is 13.0. The van der Waals surface area contributed by atoms with Crippen molar-refractivity contribution in [2.75, 3.05) is 27.3 Å². The van der Waals surface area contributed by atoms with Crippen LogP contribution in [0, 0.1) is 29.6 Å². The van der Waals surface area contributed by atoms with Crippen LogP contribution in [0.5, 0.6) is 0 Å². The Hall–Kier alpha value is -7.32. The molecule has 2 saturated heterocycles. The normalized spacial score (nSPS) is 16.7. The first-order valence-electron chi connectivity index (χ1n) is 20.3. The van der Waals surface area contributed by atoms with E-state index in [0.717, 1.165) is 47.2 Å². The molecule has 2 fully saturated rings. The summed E-state index contributed by atoms with van der Waals surface area (Å²) in [6.45, 7) is 4.86. The number of ether oxygens (including phenoxy) is 2. The molecular formula is C47H48N8O6. The number of methoxy groups -OCH3 is 2. The predicted molar refractivity (Wildman–Crippen MR) is 228 cm³/mol. The maximum Gasteiger partial charge on any atom is 0.407 e. The van der Waals surface area contributed by atoms with Crippen LogP contribution in [0.1, 0.15) is 86.1 Å². The lowest BCUT2D eigenvalue weighted by atomic mass is 9.96. The number of aromatic amines is 2. The lowest BCUT2D eigenvalue weighted by Crippen LogP contribution is -2.51. The van der Waals surface area contributed by atoms with E-state index in [1.807, 2.05) is 74.5 Å². The third-order valence-electron chi connectivity index (χ3n) is 11.0. The van der Waals surface area contributed by atoms with Gasteiger partial charge >= 0.3 is 12.2 Å². The highest BCUT2D eigenvalue weighted by atomic mass is 16.5. The van der Waals surface area contributed by atoms with E-state index in [4.69, 9.17) is 14.5 Å². The summed E-state index contributed by atoms with van der Waals surface area (Å²) in [7, 11) is 2.55. The Labute approximate surface area is 354 Å². The van der Waals surface area contributed by atoms with Crippen molar-refractivity contribution in [2.45, 2.75) is 63.7 Å². The van der Waals surface area contributed by atoms with Crippen LogP contribution in [-0.2, 0) is 19.1 Å². The van der Waals surface area contributed by atoms with Gasteiger partial charge in [0.25, 0.3) is 5.91 Å². The van der Waals surface area contributed by atoms with Gasteiger partial charge in [0.15, 0.2) is 0 Å². The van der Waals surface area contributed by atoms with Crippen LogP contribution >= 0.6 is 0 Å². The van der Waals surface area contributed by atoms with E-state index in [2.05, 4.69) is 55.3 Å². The molecule has 5 aromatic rings. The van der Waals surface area contributed by atoms with Gasteiger partial charge in [-0.2, -0.15) is 0 Å². The molecule has 0 spiro atoms. The zero-order valence-corrected chi connectivity index (χ0v) is 34.5. The molecule has 0 aliphatic carbocycles. The molecule has 3 aromatic carbocycles. The number of carbonyl (C=O) groups excluding carboxylic acids is 4. The zero-order valence-electron chi connectivity index (χ0n) is 34.5. The fourth-order valence-electron chi connectivity index (χ4n) is 7.88. The second-order valence-corrected chi connectivity index (χ2v) is 15.2. The van der Waals surface area contributed by atoms with Gasteiger partial charge in [0, 0.05) is 24.2 Å². The molecule has 4 N–H and O–H groups in total. The van der Waals surface area contributed by atoms with Crippen molar-refractivity contribution in [2.24, 2.45) is 5.92 Å². The van der Waals surface area contributed by atoms with Crippen molar-refractivity contribution in [3.8, 4) is 46.1 Å². The monoisotopic (exact) mass is 820 g/mol. The minimum Gasteiger partial charge on any atom is -0.453 e. The number of hydrogen-bond donors (Lipinski definition) is 4. The minimum absolute atomic E-state index is 0.131. The maximum absolute atomic E-state index is 13.9. The number of alkyl carbamates (subject to hydrolysis) is 2. The number of aromatic nitrogens is 4. The van der Waals surface area contributed by atoms with Crippen molar-refractivity contribution in [3.63, 3.8) is 0 Å². The molecule has 4 heterocycles. The third kappa shape index (κ3) is 9.61. The Morgan fingerprint density at radius 2 is 1.33 bits per heavy atom. The van der Waals surface area contributed by atoms with Gasteiger partial charge in [0.05, 0.1) is 44.4 Å². The molecule has 2 aliphatic heterocycles. The Morgan fingerprint density at radius 3 is 2.00 bits per heavy atom. The number of carbonyl (C=O) groups is 4. The van der Waals surface area contributed by atoms with Crippen LogP contribution in [0.15, 0.2) is 91.3 Å². The average molecular weight is 821 g/mol. The number of nitrogens with zero attached hydrogens (tertiary/aromatic N) is 4. The molecule has 0 unspecified atom stereocenters. The second kappa shape index (κ2) is 19.2. The molecule has 0 saturated carbocycles. The van der Waals surface area contributed by atoms with Crippen LogP contribution in [0.3, 0.4) is 0 Å². The molecule has 4 amide bonds. The smallest absolute Gasteiger partial charge is 0.407 e. The molecule has 14 nitrogen and oxygen atoms in total. The molecule has 0 radical (unpaired) electrons. The Bertz CT molecular complexity index is 2490. The van der Waals surface area contributed by atoms with Gasteiger partial charge in [0.2, 0.25) is 5.91 Å². The number of H-pyrrole nitrogens is 2. The quantitative estimate of drug-likeness (QED) is 0.113. The Balaban J connectivity index is 1.08. The summed E-state index contributed by atoms with van der Waals surface area (Å²) in [5, 5.41) is 5.39. The van der Waals surface area contributed by atoms with Crippen molar-refractivity contribution in [1.82, 2.24) is 40.4 Å². The highest BCUT2D eigenvalue weighted by Crippen LogP contribution is 2.35. The number of nitrogens with one attached hydrogen (secondary N) is 4. The van der Waals surface area contributed by atoms with Crippen molar-refractivity contribution >= 4 is 24.0 Å². The standard InChI is InChI=1S/C47H48N8O6/c1-30(2)40(52-46(58)60-3)44(56)54-25-14-22-39(54)43-49-29-37(51-43)34-24-23-32(36(27-34)31-15-7-5-8-16-31)17-11-12-20-35-28-48-42(50-35)38-21-13-26-55(38)45(57)41(53-47(59)61-4)33-18-9-6-10-19-33/h5-10,15-16,18-19,23-24,27-30,38-41H,13-14,21-22,25-26H2,1-4H3,(H,48,50)(H,49,51)(H,52,58)(H,53,59)/t38-,39-,40-,41-/m0/s1. The van der Waals surface area contributed by atoms with Gasteiger partial charge in [-0.15, -0.1) is 0 Å². The molecule has 14 heteroatoms. The molecule has 4 atom stereocenters. The second-order valence-electron chi connectivity index (χ2n) is 15.2. The highest BCUT2D eigenvalue weighted by Gasteiger charge is 2.38. The van der Waals surface area contributed by atoms with E-state index in [1.54, 1.807) is 34.3 Å². The highest BCUT2D eigenvalue weighted by molar-refractivity contribution is 5.88. The zero-order chi connectivity index (χ0) is 42.9. The van der Waals surface area contributed by atoms with E-state index in [1.165, 1.54) is 14.2 Å². The molecule has 2 aromatic heterocycles. The van der Waals surface area contributed by atoms with Gasteiger partial charge < -0.3 is 39.9 Å². The van der Waals surface area contributed by atoms with Crippen LogP contribution < -0.4 is 10.6 Å². The third-order valence-corrected chi connectivity index (χ3v) is 11.0. The van der Waals surface area contributed by atoms with Crippen molar-refractivity contribution in [3.05, 3.63) is 120 Å². The number of rotatable bonds is 10. The van der Waals surface area contributed by atoms with Gasteiger partial charge in [0.1, 0.15) is 29.4 Å². The van der Waals surface area contributed by atoms with Gasteiger partial charge in [-0.1, -0.05) is 86.5 Å². The van der Waals surface area contributed by atoms with Crippen LogP contribution in [0.4, 0.5) is 9.59 Å². The largest absolute Gasteiger partial charge is 0.453 e. The topological polar surface area (TPSA) is 175 Å². The van der Waals surface area contributed by atoms with E-state index in [-0.39, 0.29) is 29.8 Å². The summed E-state index contributed by atoms with van der Waals surface area (Å²) in [5.41, 5.74) is 5.60. The number of benzene rings is 3. The fourth-order valence-corrected chi connectivity index (χ4v) is 7.88. The minimum atomic E-state index is -0.910. The molecule has 7 rings (SSSR count). The molecular weight excluding hydrogens is 773 g/mol. The summed E-state index contributed by atoms with van der Waals surface area (Å²) in [6, 6.07) is 22.9. The Morgan fingerprint density at radius 1 is 0.721 bits per heavy atom. The number of amides is 4. The van der Waals surface area contributed by atoms with Gasteiger partial charge in [-0.05, 0) is 78.2 Å². The lowest BCUT2D eigenvalue weighted by Gasteiger charge is -2.30. The SMILES string of the molecule is COC(=O)N[C@H](C(=O)N1CCC[C@H]1c1ncc(C#CC#Cc2ccc(-c3cnc([C@@H]4CCCN4C(=O)[C@@H](NC(=O)OC)C(C)C)[nH]3)cc2-c2ccccc2)[nH]1)c1ccccc1. The van der Waals surface area contributed by atoms with E-state index in [0.29, 0.717) is 42.4 Å². The summed E-state index contributed by atoms with van der Waals surface area (Å²) in [4.78, 5) is 71.3. The molecule has 2 aliphatic rings. The number of hydrogen-bond acceptors (Lipinski definition) is 8. The molecule has 0 bridgehead atoms. The number of imidazole rings is 2. The Kier molecular flexibility index (Phi) is 13.1. The first-order chi connectivity index (χ1) is 29.6. The molecule has 61 heavy (non-hydrogen) atoms. The summed E-state index contributed by atoms with van der Waals surface area (Å²) < 4.78 is 9.59. The number of likely N-dealkylation sites (tertiary alicyclic amines) is 2. The average Bonchev–Trinajstić information content (AvgIpc) is 4.14.